The van der Waals surface area contributed by atoms with E-state index in [2.05, 4.69) is 16.2 Å². The van der Waals surface area contributed by atoms with E-state index in [1.165, 1.54) is 0 Å². The van der Waals surface area contributed by atoms with Gasteiger partial charge in [0.05, 0.1) is 12.4 Å². The van der Waals surface area contributed by atoms with Gasteiger partial charge in [-0.15, -0.1) is 4.40 Å². The zero-order valence-corrected chi connectivity index (χ0v) is 14.4. The third kappa shape index (κ3) is 3.86. The molecule has 1 atom stereocenters. The van der Waals surface area contributed by atoms with Gasteiger partial charge in [0.1, 0.15) is 11.6 Å². The molecule has 6 heteroatoms. The Labute approximate surface area is 138 Å². The second-order valence-corrected chi connectivity index (χ2v) is 7.94. The molecule has 1 unspecified atom stereocenters. The summed E-state index contributed by atoms with van der Waals surface area (Å²) in [5, 5.41) is 0. The van der Waals surface area contributed by atoms with E-state index >= 15 is 0 Å². The third-order valence-electron chi connectivity index (χ3n) is 4.46. The predicted molar refractivity (Wildman–Crippen MR) is 91.6 cm³/mol. The van der Waals surface area contributed by atoms with Crippen LogP contribution in [-0.4, -0.2) is 44.6 Å². The molecule has 0 radical (unpaired) electrons. The molecule has 1 aromatic rings. The number of benzene rings is 1. The van der Waals surface area contributed by atoms with E-state index in [1.807, 2.05) is 24.3 Å². The van der Waals surface area contributed by atoms with Gasteiger partial charge in [0, 0.05) is 19.0 Å². The molecule has 5 nitrogen and oxygen atoms in total. The highest BCUT2D eigenvalue weighted by atomic mass is 32.2. The molecule has 2 heterocycles. The summed E-state index contributed by atoms with van der Waals surface area (Å²) in [4.78, 5) is 2.13. The number of hydrogen-bond acceptors (Lipinski definition) is 4. The predicted octanol–water partition coefficient (Wildman–Crippen LogP) is 2.79. The molecule has 0 spiro atoms. The fraction of sp³-hybridized carbons (Fsp3) is 0.588. The molecule has 0 aromatic heterocycles. The van der Waals surface area contributed by atoms with Crippen LogP contribution in [0.3, 0.4) is 0 Å². The van der Waals surface area contributed by atoms with E-state index < -0.39 is 10.0 Å². The number of amidine groups is 1. The highest BCUT2D eigenvalue weighted by Gasteiger charge is 2.33. The van der Waals surface area contributed by atoms with Crippen LogP contribution in [0.5, 0.6) is 5.75 Å². The van der Waals surface area contributed by atoms with Crippen LogP contribution in [0.4, 0.5) is 0 Å². The molecule has 2 aliphatic heterocycles. The lowest BCUT2D eigenvalue weighted by molar-refractivity contribution is 0.309. The van der Waals surface area contributed by atoms with Gasteiger partial charge in [0.15, 0.2) is 0 Å². The van der Waals surface area contributed by atoms with Gasteiger partial charge in [0.2, 0.25) is 0 Å². The number of ether oxygens (including phenoxy) is 1. The van der Waals surface area contributed by atoms with Crippen molar-refractivity contribution >= 4 is 15.9 Å². The van der Waals surface area contributed by atoms with Crippen LogP contribution in [0.1, 0.15) is 44.1 Å². The van der Waals surface area contributed by atoms with E-state index in [9.17, 15) is 8.42 Å². The van der Waals surface area contributed by atoms with Crippen molar-refractivity contribution in [2.24, 2.45) is 4.40 Å². The molecule has 23 heavy (non-hydrogen) atoms. The largest absolute Gasteiger partial charge is 0.494 e. The Morgan fingerprint density at radius 1 is 1.26 bits per heavy atom. The van der Waals surface area contributed by atoms with Crippen molar-refractivity contribution in [3.63, 3.8) is 0 Å². The lowest BCUT2D eigenvalue weighted by Gasteiger charge is -2.37. The molecular weight excluding hydrogens is 312 g/mol. The Kier molecular flexibility index (Phi) is 4.90. The minimum atomic E-state index is -3.30. The van der Waals surface area contributed by atoms with Gasteiger partial charge < -0.3 is 9.64 Å². The number of nitrogens with zero attached hydrogens (tertiary/aromatic N) is 2. The van der Waals surface area contributed by atoms with Gasteiger partial charge in [-0.3, -0.25) is 0 Å². The summed E-state index contributed by atoms with van der Waals surface area (Å²) in [5.41, 5.74) is 1.12. The summed E-state index contributed by atoms with van der Waals surface area (Å²) in [7, 11) is -3.30. The summed E-state index contributed by atoms with van der Waals surface area (Å²) in [6.07, 6.45) is 4.18. The lowest BCUT2D eigenvalue weighted by Crippen LogP contribution is -2.46. The van der Waals surface area contributed by atoms with E-state index in [0.29, 0.717) is 6.54 Å². The third-order valence-corrected chi connectivity index (χ3v) is 5.62. The second kappa shape index (κ2) is 6.91. The molecule has 0 amide bonds. The van der Waals surface area contributed by atoms with Gasteiger partial charge in [-0.2, -0.15) is 0 Å². The Balaban J connectivity index is 1.78. The van der Waals surface area contributed by atoms with Gasteiger partial charge in [0.25, 0.3) is 10.0 Å². The molecule has 126 valence electrons. The van der Waals surface area contributed by atoms with E-state index in [-0.39, 0.29) is 11.7 Å². The van der Waals surface area contributed by atoms with Crippen LogP contribution in [0, 0.1) is 0 Å². The van der Waals surface area contributed by atoms with Crippen LogP contribution in [-0.2, 0) is 10.0 Å². The smallest absolute Gasteiger partial charge is 0.256 e. The molecule has 0 aliphatic carbocycles. The first kappa shape index (κ1) is 16.3. The molecule has 0 saturated carbocycles. The van der Waals surface area contributed by atoms with Crippen LogP contribution < -0.4 is 4.74 Å². The standard InChI is InChI=1S/C17H24N2O3S/c1-2-3-12-22-15-8-6-14(7-9-15)16-5-4-10-19-11-13-23(20,21)18-17(16)19/h6-9,16H,2-5,10-13H2,1H3. The SMILES string of the molecule is CCCCOc1ccc(C2CCCN3CCS(=O)(=O)N=C23)cc1. The van der Waals surface area contributed by atoms with Crippen molar-refractivity contribution < 1.29 is 13.2 Å². The van der Waals surface area contributed by atoms with Gasteiger partial charge >= 0.3 is 0 Å². The molecule has 2 aliphatic rings. The van der Waals surface area contributed by atoms with Crippen molar-refractivity contribution in [3.05, 3.63) is 29.8 Å². The molecule has 1 fully saturated rings. The van der Waals surface area contributed by atoms with Gasteiger partial charge in [-0.05, 0) is 37.0 Å². The fourth-order valence-electron chi connectivity index (χ4n) is 3.16. The Morgan fingerprint density at radius 3 is 2.78 bits per heavy atom. The van der Waals surface area contributed by atoms with Crippen molar-refractivity contribution in [1.82, 2.24) is 4.90 Å². The quantitative estimate of drug-likeness (QED) is 0.776. The normalized spacial score (nSPS) is 23.1. The first-order valence-electron chi connectivity index (χ1n) is 8.39. The second-order valence-electron chi connectivity index (χ2n) is 6.19. The summed E-state index contributed by atoms with van der Waals surface area (Å²) >= 11 is 0. The van der Waals surface area contributed by atoms with E-state index in [4.69, 9.17) is 4.74 Å². The van der Waals surface area contributed by atoms with Crippen LogP contribution in [0.25, 0.3) is 0 Å². The fourth-order valence-corrected chi connectivity index (χ4v) is 4.23. The van der Waals surface area contributed by atoms with E-state index in [1.54, 1.807) is 0 Å². The number of rotatable bonds is 5. The molecule has 0 bridgehead atoms. The molecular formula is C17H24N2O3S. The summed E-state index contributed by atoms with van der Waals surface area (Å²) in [6, 6.07) is 8.03. The highest BCUT2D eigenvalue weighted by Crippen LogP contribution is 2.32. The molecule has 1 aromatic carbocycles. The topological polar surface area (TPSA) is 59.0 Å². The van der Waals surface area contributed by atoms with Crippen molar-refractivity contribution in [3.8, 4) is 5.75 Å². The monoisotopic (exact) mass is 336 g/mol. The zero-order chi connectivity index (χ0) is 16.3. The van der Waals surface area contributed by atoms with Crippen LogP contribution in [0.2, 0.25) is 0 Å². The molecule has 3 rings (SSSR count). The number of fused-ring (bicyclic) bond motifs is 1. The van der Waals surface area contributed by atoms with Crippen molar-refractivity contribution in [2.75, 3.05) is 25.4 Å². The molecule has 1 saturated heterocycles. The average molecular weight is 336 g/mol. The minimum absolute atomic E-state index is 0.0727. The van der Waals surface area contributed by atoms with Gasteiger partial charge in [-0.25, -0.2) is 8.42 Å². The Bertz CT molecular complexity index is 668. The number of unbranched alkanes of at least 4 members (excludes halogenated alkanes) is 1. The highest BCUT2D eigenvalue weighted by molar-refractivity contribution is 7.90. The first-order chi connectivity index (χ1) is 11.1. The number of sulfonamides is 1. The van der Waals surface area contributed by atoms with Crippen LogP contribution in [0.15, 0.2) is 28.7 Å². The summed E-state index contributed by atoms with van der Waals surface area (Å²) in [5.74, 6) is 1.80. The minimum Gasteiger partial charge on any atom is -0.494 e. The van der Waals surface area contributed by atoms with E-state index in [0.717, 1.165) is 56.0 Å². The van der Waals surface area contributed by atoms with Gasteiger partial charge in [-0.1, -0.05) is 25.5 Å². The van der Waals surface area contributed by atoms with Crippen LogP contribution >= 0.6 is 0 Å². The van der Waals surface area contributed by atoms with Crippen molar-refractivity contribution in [2.45, 2.75) is 38.5 Å². The maximum absolute atomic E-state index is 11.8. The summed E-state index contributed by atoms with van der Waals surface area (Å²) in [6.45, 7) is 4.34. The Morgan fingerprint density at radius 2 is 2.04 bits per heavy atom. The maximum Gasteiger partial charge on any atom is 0.256 e. The number of hydrogen-bond donors (Lipinski definition) is 0. The molecule has 0 N–H and O–H groups in total. The summed E-state index contributed by atoms with van der Waals surface area (Å²) < 4.78 is 33.5. The maximum atomic E-state index is 11.8. The van der Waals surface area contributed by atoms with Crippen molar-refractivity contribution in [1.29, 1.82) is 0 Å². The first-order valence-corrected chi connectivity index (χ1v) is 10.0. The lowest BCUT2D eigenvalue weighted by atomic mass is 9.89. The average Bonchev–Trinajstić information content (AvgIpc) is 2.54. The number of piperidine rings is 1. The Hall–Kier alpha value is -1.56. The zero-order valence-electron chi connectivity index (χ0n) is 13.6.